The van der Waals surface area contributed by atoms with Gasteiger partial charge in [0, 0.05) is 12.6 Å². The van der Waals surface area contributed by atoms with E-state index in [9.17, 15) is 0 Å². The SMILES string of the molecule is NC1C=C(C2CCOC3(CCCCC3)C2)CC1. The minimum atomic E-state index is 0.245. The maximum Gasteiger partial charge on any atom is 0.0688 e. The van der Waals surface area contributed by atoms with E-state index >= 15 is 0 Å². The Bertz CT molecular complexity index is 299. The molecule has 0 bridgehead atoms. The van der Waals surface area contributed by atoms with Gasteiger partial charge in [-0.25, -0.2) is 0 Å². The van der Waals surface area contributed by atoms with Gasteiger partial charge < -0.3 is 10.5 Å². The van der Waals surface area contributed by atoms with Crippen molar-refractivity contribution in [1.29, 1.82) is 0 Å². The Labute approximate surface area is 105 Å². The summed E-state index contributed by atoms with van der Waals surface area (Å²) in [5, 5.41) is 0. The molecule has 1 saturated heterocycles. The first-order chi connectivity index (χ1) is 8.27. The van der Waals surface area contributed by atoms with E-state index in [2.05, 4.69) is 6.08 Å². The zero-order chi connectivity index (χ0) is 11.7. The van der Waals surface area contributed by atoms with Crippen LogP contribution in [0.3, 0.4) is 0 Å². The van der Waals surface area contributed by atoms with E-state index in [1.54, 1.807) is 5.57 Å². The summed E-state index contributed by atoms with van der Waals surface area (Å²) in [6.45, 7) is 0.969. The van der Waals surface area contributed by atoms with Gasteiger partial charge in [-0.3, -0.25) is 0 Å². The summed E-state index contributed by atoms with van der Waals surface area (Å²) in [6, 6.07) is 0.329. The highest BCUT2D eigenvalue weighted by Crippen LogP contribution is 2.44. The monoisotopic (exact) mass is 235 g/mol. The summed E-state index contributed by atoms with van der Waals surface area (Å²) < 4.78 is 6.16. The molecule has 2 aliphatic carbocycles. The maximum absolute atomic E-state index is 6.16. The summed E-state index contributed by atoms with van der Waals surface area (Å²) >= 11 is 0. The van der Waals surface area contributed by atoms with E-state index in [1.165, 1.54) is 57.8 Å². The normalized spacial score (nSPS) is 37.1. The highest BCUT2D eigenvalue weighted by Gasteiger charge is 2.39. The summed E-state index contributed by atoms with van der Waals surface area (Å²) in [5.74, 6) is 0.774. The van der Waals surface area contributed by atoms with Crippen molar-refractivity contribution in [1.82, 2.24) is 0 Å². The van der Waals surface area contributed by atoms with E-state index in [0.717, 1.165) is 12.5 Å². The standard InChI is InChI=1S/C15H25NO/c16-14-5-4-12(10-14)13-6-9-17-15(11-13)7-2-1-3-8-15/h10,13-14H,1-9,11,16H2. The molecule has 0 aromatic rings. The first kappa shape index (κ1) is 11.7. The second-order valence-electron chi connectivity index (χ2n) is 6.23. The van der Waals surface area contributed by atoms with E-state index in [-0.39, 0.29) is 5.60 Å². The molecular formula is C15H25NO. The minimum absolute atomic E-state index is 0.245. The zero-order valence-corrected chi connectivity index (χ0v) is 10.8. The van der Waals surface area contributed by atoms with E-state index in [1.807, 2.05) is 0 Å². The molecule has 1 spiro atoms. The lowest BCUT2D eigenvalue weighted by molar-refractivity contribution is -0.112. The fourth-order valence-corrected chi connectivity index (χ4v) is 4.00. The zero-order valence-electron chi connectivity index (χ0n) is 10.8. The van der Waals surface area contributed by atoms with Crippen molar-refractivity contribution in [3.63, 3.8) is 0 Å². The molecular weight excluding hydrogens is 210 g/mol. The van der Waals surface area contributed by atoms with E-state index < -0.39 is 0 Å². The van der Waals surface area contributed by atoms with E-state index in [4.69, 9.17) is 10.5 Å². The first-order valence-electron chi connectivity index (χ1n) is 7.38. The Kier molecular flexibility index (Phi) is 3.27. The molecule has 2 fully saturated rings. The predicted molar refractivity (Wildman–Crippen MR) is 69.8 cm³/mol. The highest BCUT2D eigenvalue weighted by molar-refractivity contribution is 5.18. The molecule has 2 nitrogen and oxygen atoms in total. The minimum Gasteiger partial charge on any atom is -0.375 e. The lowest BCUT2D eigenvalue weighted by atomic mass is 9.74. The van der Waals surface area contributed by atoms with Crippen molar-refractivity contribution in [3.8, 4) is 0 Å². The molecule has 0 aromatic heterocycles. The van der Waals surface area contributed by atoms with Gasteiger partial charge in [0.1, 0.15) is 0 Å². The van der Waals surface area contributed by atoms with Gasteiger partial charge in [0.05, 0.1) is 5.60 Å². The first-order valence-corrected chi connectivity index (χ1v) is 7.38. The Morgan fingerprint density at radius 3 is 2.71 bits per heavy atom. The fourth-order valence-electron chi connectivity index (χ4n) is 4.00. The maximum atomic E-state index is 6.16. The Balaban J connectivity index is 1.69. The van der Waals surface area contributed by atoms with Crippen LogP contribution in [0, 0.1) is 5.92 Å². The van der Waals surface area contributed by atoms with Gasteiger partial charge in [-0.1, -0.05) is 30.9 Å². The Morgan fingerprint density at radius 1 is 1.18 bits per heavy atom. The summed E-state index contributed by atoms with van der Waals surface area (Å²) in [6.07, 6.45) is 14.0. The average Bonchev–Trinajstić information content (AvgIpc) is 2.77. The molecule has 3 aliphatic rings. The van der Waals surface area contributed by atoms with Gasteiger partial charge in [0.25, 0.3) is 0 Å². The second kappa shape index (κ2) is 4.74. The number of hydrogen-bond acceptors (Lipinski definition) is 2. The van der Waals surface area contributed by atoms with Crippen molar-refractivity contribution in [3.05, 3.63) is 11.6 Å². The van der Waals surface area contributed by atoms with Gasteiger partial charge in [-0.2, -0.15) is 0 Å². The third-order valence-electron chi connectivity index (χ3n) is 4.98. The topological polar surface area (TPSA) is 35.2 Å². The molecule has 3 rings (SSSR count). The molecule has 0 amide bonds. The third kappa shape index (κ3) is 2.43. The number of rotatable bonds is 1. The molecule has 1 aliphatic heterocycles. The van der Waals surface area contributed by atoms with Gasteiger partial charge in [-0.15, -0.1) is 0 Å². The Hall–Kier alpha value is -0.340. The highest BCUT2D eigenvalue weighted by atomic mass is 16.5. The summed E-state index contributed by atoms with van der Waals surface area (Å²) in [7, 11) is 0. The number of hydrogen-bond donors (Lipinski definition) is 1. The van der Waals surface area contributed by atoms with Crippen molar-refractivity contribution in [2.45, 2.75) is 69.4 Å². The van der Waals surface area contributed by atoms with Crippen LogP contribution in [0.1, 0.15) is 57.8 Å². The van der Waals surface area contributed by atoms with Crippen molar-refractivity contribution in [2.24, 2.45) is 11.7 Å². The molecule has 1 heterocycles. The molecule has 17 heavy (non-hydrogen) atoms. The van der Waals surface area contributed by atoms with Crippen LogP contribution in [0.2, 0.25) is 0 Å². The lowest BCUT2D eigenvalue weighted by Gasteiger charge is -2.44. The molecule has 1 saturated carbocycles. The predicted octanol–water partition coefficient (Wildman–Crippen LogP) is 3.16. The number of ether oxygens (including phenoxy) is 1. The van der Waals surface area contributed by atoms with Crippen LogP contribution in [-0.4, -0.2) is 18.2 Å². The van der Waals surface area contributed by atoms with Crippen LogP contribution in [0.4, 0.5) is 0 Å². The summed E-state index contributed by atoms with van der Waals surface area (Å²) in [4.78, 5) is 0. The number of nitrogens with two attached hydrogens (primary N) is 1. The molecule has 96 valence electrons. The molecule has 0 radical (unpaired) electrons. The molecule has 2 atom stereocenters. The summed E-state index contributed by atoms with van der Waals surface area (Å²) in [5.41, 5.74) is 7.88. The molecule has 0 aromatic carbocycles. The third-order valence-corrected chi connectivity index (χ3v) is 4.98. The van der Waals surface area contributed by atoms with Crippen molar-refractivity contribution >= 4 is 0 Å². The lowest BCUT2D eigenvalue weighted by Crippen LogP contribution is -2.41. The largest absolute Gasteiger partial charge is 0.375 e. The van der Waals surface area contributed by atoms with Crippen molar-refractivity contribution < 1.29 is 4.74 Å². The van der Waals surface area contributed by atoms with Crippen molar-refractivity contribution in [2.75, 3.05) is 6.61 Å². The van der Waals surface area contributed by atoms with Crippen LogP contribution in [0.15, 0.2) is 11.6 Å². The quantitative estimate of drug-likeness (QED) is 0.709. The van der Waals surface area contributed by atoms with Crippen LogP contribution in [0.5, 0.6) is 0 Å². The van der Waals surface area contributed by atoms with E-state index in [0.29, 0.717) is 6.04 Å². The average molecular weight is 235 g/mol. The molecule has 2 N–H and O–H groups in total. The van der Waals surface area contributed by atoms with Crippen LogP contribution in [0.25, 0.3) is 0 Å². The van der Waals surface area contributed by atoms with Gasteiger partial charge in [-0.05, 0) is 44.4 Å². The van der Waals surface area contributed by atoms with Crippen LogP contribution >= 0.6 is 0 Å². The second-order valence-corrected chi connectivity index (χ2v) is 6.23. The van der Waals surface area contributed by atoms with Crippen LogP contribution < -0.4 is 5.73 Å². The number of allylic oxidation sites excluding steroid dienone is 1. The molecule has 2 unspecified atom stereocenters. The van der Waals surface area contributed by atoms with Gasteiger partial charge in [0.15, 0.2) is 0 Å². The fraction of sp³-hybridized carbons (Fsp3) is 0.867. The van der Waals surface area contributed by atoms with Crippen LogP contribution in [-0.2, 0) is 4.74 Å². The van der Waals surface area contributed by atoms with Gasteiger partial charge in [0.2, 0.25) is 0 Å². The Morgan fingerprint density at radius 2 is 2.00 bits per heavy atom. The van der Waals surface area contributed by atoms with Gasteiger partial charge >= 0.3 is 0 Å². The smallest absolute Gasteiger partial charge is 0.0688 e. The molecule has 2 heteroatoms.